The number of hydrogen-bond acceptors (Lipinski definition) is 4. The minimum absolute atomic E-state index is 0. The van der Waals surface area contributed by atoms with Crippen LogP contribution in [0.15, 0.2) is 59.6 Å². The molecule has 1 atom stereocenters. The third-order valence-electron chi connectivity index (χ3n) is 4.40. The van der Waals surface area contributed by atoms with Gasteiger partial charge in [0.15, 0.2) is 5.96 Å². The van der Waals surface area contributed by atoms with Crippen molar-refractivity contribution in [3.63, 3.8) is 0 Å². The third kappa shape index (κ3) is 10.8. The highest BCUT2D eigenvalue weighted by Crippen LogP contribution is 2.18. The molecular weight excluding hydrogens is 519 g/mol. The van der Waals surface area contributed by atoms with Crippen LogP contribution in [0.1, 0.15) is 38.0 Å². The smallest absolute Gasteiger partial charge is 0.241 e. The van der Waals surface area contributed by atoms with E-state index in [2.05, 4.69) is 20.9 Å². The molecule has 4 N–H and O–H groups in total. The molecule has 176 valence electrons. The fourth-order valence-corrected chi connectivity index (χ4v) is 2.89. The Bertz CT molecular complexity index is 814. The summed E-state index contributed by atoms with van der Waals surface area (Å²) < 4.78 is 5.62. The molecule has 8 heteroatoms. The van der Waals surface area contributed by atoms with Crippen LogP contribution in [0.25, 0.3) is 0 Å². The van der Waals surface area contributed by atoms with E-state index in [1.807, 2.05) is 75.4 Å². The fourth-order valence-electron chi connectivity index (χ4n) is 2.89. The lowest BCUT2D eigenvalue weighted by atomic mass is 10.1. The number of ether oxygens (including phenoxy) is 1. The highest BCUT2D eigenvalue weighted by Gasteiger charge is 2.10. The zero-order valence-corrected chi connectivity index (χ0v) is 21.3. The van der Waals surface area contributed by atoms with Gasteiger partial charge in [-0.2, -0.15) is 0 Å². The van der Waals surface area contributed by atoms with Gasteiger partial charge >= 0.3 is 0 Å². The molecule has 0 fully saturated rings. The number of aliphatic hydroxyl groups excluding tert-OH is 1. The number of benzene rings is 2. The van der Waals surface area contributed by atoms with Crippen molar-refractivity contribution in [1.82, 2.24) is 16.0 Å². The van der Waals surface area contributed by atoms with Gasteiger partial charge in [0.2, 0.25) is 5.91 Å². The van der Waals surface area contributed by atoms with E-state index in [1.165, 1.54) is 5.56 Å². The second-order valence-corrected chi connectivity index (χ2v) is 7.41. The lowest BCUT2D eigenvalue weighted by Crippen LogP contribution is -2.40. The van der Waals surface area contributed by atoms with Gasteiger partial charge in [0.1, 0.15) is 12.3 Å². The SMILES string of the molecule is CCNC(=NCC(=O)NCCc1ccccc1)NCC(O)c1ccc(OC(C)C)cc1.I. The van der Waals surface area contributed by atoms with Crippen LogP contribution in [0.5, 0.6) is 5.75 Å². The Balaban J connectivity index is 0.00000512. The number of nitrogens with zero attached hydrogens (tertiary/aromatic N) is 1. The molecule has 7 nitrogen and oxygen atoms in total. The summed E-state index contributed by atoms with van der Waals surface area (Å²) in [6, 6.07) is 17.4. The maximum atomic E-state index is 12.1. The molecule has 0 spiro atoms. The van der Waals surface area contributed by atoms with Gasteiger partial charge < -0.3 is 25.8 Å². The highest BCUT2D eigenvalue weighted by atomic mass is 127. The Morgan fingerprint density at radius 3 is 2.34 bits per heavy atom. The largest absolute Gasteiger partial charge is 0.491 e. The summed E-state index contributed by atoms with van der Waals surface area (Å²) in [5.74, 6) is 1.11. The van der Waals surface area contributed by atoms with E-state index >= 15 is 0 Å². The number of carbonyl (C=O) groups is 1. The number of aliphatic hydroxyl groups is 1. The van der Waals surface area contributed by atoms with E-state index < -0.39 is 6.10 Å². The van der Waals surface area contributed by atoms with E-state index in [0.717, 1.165) is 17.7 Å². The Labute approximate surface area is 208 Å². The molecule has 0 radical (unpaired) electrons. The Hall–Kier alpha value is -2.33. The van der Waals surface area contributed by atoms with Gasteiger partial charge in [-0.1, -0.05) is 42.5 Å². The Morgan fingerprint density at radius 1 is 1.03 bits per heavy atom. The molecule has 2 rings (SSSR count). The van der Waals surface area contributed by atoms with Crippen LogP contribution in [-0.2, 0) is 11.2 Å². The van der Waals surface area contributed by atoms with Crippen molar-refractivity contribution in [3.05, 3.63) is 65.7 Å². The van der Waals surface area contributed by atoms with E-state index in [4.69, 9.17) is 4.74 Å². The quantitative estimate of drug-likeness (QED) is 0.195. The van der Waals surface area contributed by atoms with Crippen molar-refractivity contribution < 1.29 is 14.6 Å². The molecule has 1 unspecified atom stereocenters. The maximum absolute atomic E-state index is 12.1. The minimum atomic E-state index is -0.711. The number of halogens is 1. The first-order valence-corrected chi connectivity index (χ1v) is 10.8. The van der Waals surface area contributed by atoms with Gasteiger partial charge in [0, 0.05) is 19.6 Å². The number of nitrogens with one attached hydrogen (secondary N) is 3. The van der Waals surface area contributed by atoms with Crippen molar-refractivity contribution in [3.8, 4) is 5.75 Å². The van der Waals surface area contributed by atoms with Gasteiger partial charge in [-0.25, -0.2) is 4.99 Å². The molecule has 2 aromatic carbocycles. The molecular formula is C24H35IN4O3. The molecule has 0 aliphatic rings. The Kier molecular flexibility index (Phi) is 13.4. The molecule has 0 aliphatic carbocycles. The molecule has 0 aromatic heterocycles. The van der Waals surface area contributed by atoms with Gasteiger partial charge in [0.05, 0.1) is 12.2 Å². The van der Waals surface area contributed by atoms with Crippen molar-refractivity contribution in [2.24, 2.45) is 4.99 Å². The summed E-state index contributed by atoms with van der Waals surface area (Å²) in [5, 5.41) is 19.5. The predicted molar refractivity (Wildman–Crippen MR) is 140 cm³/mol. The topological polar surface area (TPSA) is 95.0 Å². The number of rotatable bonds is 11. The molecule has 0 saturated carbocycles. The summed E-state index contributed by atoms with van der Waals surface area (Å²) in [4.78, 5) is 16.4. The van der Waals surface area contributed by atoms with Gasteiger partial charge in [0.25, 0.3) is 0 Å². The number of carbonyl (C=O) groups excluding carboxylic acids is 1. The van der Waals surface area contributed by atoms with Gasteiger partial charge in [-0.15, -0.1) is 24.0 Å². The van der Waals surface area contributed by atoms with Crippen LogP contribution in [0.3, 0.4) is 0 Å². The molecule has 0 heterocycles. The van der Waals surface area contributed by atoms with Crippen LogP contribution >= 0.6 is 24.0 Å². The number of aliphatic imine (C=N–C) groups is 1. The Morgan fingerprint density at radius 2 is 1.72 bits per heavy atom. The first-order chi connectivity index (χ1) is 15.0. The lowest BCUT2D eigenvalue weighted by Gasteiger charge is -2.16. The van der Waals surface area contributed by atoms with E-state index in [-0.39, 0.29) is 49.1 Å². The van der Waals surface area contributed by atoms with Crippen molar-refractivity contribution in [2.45, 2.75) is 39.4 Å². The number of hydrogen-bond donors (Lipinski definition) is 4. The molecule has 0 saturated heterocycles. The molecule has 0 aliphatic heterocycles. The molecule has 32 heavy (non-hydrogen) atoms. The average molecular weight is 554 g/mol. The fraction of sp³-hybridized carbons (Fsp3) is 0.417. The minimum Gasteiger partial charge on any atom is -0.491 e. The molecule has 1 amide bonds. The summed E-state index contributed by atoms with van der Waals surface area (Å²) in [6.45, 7) is 7.39. The second-order valence-electron chi connectivity index (χ2n) is 7.41. The van der Waals surface area contributed by atoms with Crippen LogP contribution in [-0.4, -0.2) is 49.3 Å². The maximum Gasteiger partial charge on any atom is 0.241 e. The van der Waals surface area contributed by atoms with Crippen molar-refractivity contribution in [2.75, 3.05) is 26.2 Å². The average Bonchev–Trinajstić information content (AvgIpc) is 2.76. The van der Waals surface area contributed by atoms with Crippen LogP contribution in [0.2, 0.25) is 0 Å². The van der Waals surface area contributed by atoms with Crippen molar-refractivity contribution >= 4 is 35.8 Å². The van der Waals surface area contributed by atoms with Crippen LogP contribution < -0.4 is 20.7 Å². The first kappa shape index (κ1) is 27.7. The monoisotopic (exact) mass is 554 g/mol. The summed E-state index contributed by atoms with van der Waals surface area (Å²) in [7, 11) is 0. The second kappa shape index (κ2) is 15.5. The standard InChI is InChI=1S/C24H34N4O3.HI/c1-4-25-24(28-17-23(30)26-15-14-19-8-6-5-7-9-19)27-16-22(29)20-10-12-21(13-11-20)31-18(2)3;/h5-13,18,22,29H,4,14-17H2,1-3H3,(H,26,30)(H2,25,27,28);1H. The zero-order chi connectivity index (χ0) is 22.5. The van der Waals surface area contributed by atoms with E-state index in [0.29, 0.717) is 19.0 Å². The van der Waals surface area contributed by atoms with Crippen LogP contribution in [0, 0.1) is 0 Å². The summed E-state index contributed by atoms with van der Waals surface area (Å²) in [6.07, 6.45) is 0.172. The first-order valence-electron chi connectivity index (χ1n) is 10.8. The third-order valence-corrected chi connectivity index (χ3v) is 4.40. The lowest BCUT2D eigenvalue weighted by molar-refractivity contribution is -0.119. The van der Waals surface area contributed by atoms with Gasteiger partial charge in [-0.05, 0) is 50.5 Å². The normalized spacial score (nSPS) is 12.0. The summed E-state index contributed by atoms with van der Waals surface area (Å²) in [5.41, 5.74) is 1.96. The highest BCUT2D eigenvalue weighted by molar-refractivity contribution is 14.0. The number of amides is 1. The van der Waals surface area contributed by atoms with Crippen molar-refractivity contribution in [1.29, 1.82) is 0 Å². The zero-order valence-electron chi connectivity index (χ0n) is 19.0. The summed E-state index contributed by atoms with van der Waals surface area (Å²) >= 11 is 0. The molecule has 0 bridgehead atoms. The number of guanidine groups is 1. The predicted octanol–water partition coefficient (Wildman–Crippen LogP) is 3.04. The van der Waals surface area contributed by atoms with E-state index in [1.54, 1.807) is 0 Å². The van der Waals surface area contributed by atoms with E-state index in [9.17, 15) is 9.90 Å². The van der Waals surface area contributed by atoms with Crippen LogP contribution in [0.4, 0.5) is 0 Å². The molecule has 2 aromatic rings. The van der Waals surface area contributed by atoms with Gasteiger partial charge in [-0.3, -0.25) is 4.79 Å².